The fourth-order valence-corrected chi connectivity index (χ4v) is 3.56. The number of carbonyl (C=O) groups is 1. The molecule has 26 heavy (non-hydrogen) atoms. The minimum atomic E-state index is -0.290. The lowest BCUT2D eigenvalue weighted by Gasteiger charge is -2.32. The van der Waals surface area contributed by atoms with E-state index in [4.69, 9.17) is 0 Å². The number of hydrogen-bond acceptors (Lipinski definition) is 3. The van der Waals surface area contributed by atoms with Crippen molar-refractivity contribution >= 4 is 6.03 Å². The third-order valence-electron chi connectivity index (χ3n) is 5.19. The highest BCUT2D eigenvalue weighted by Gasteiger charge is 2.28. The van der Waals surface area contributed by atoms with E-state index in [0.717, 1.165) is 31.6 Å². The SMILES string of the molecule is O=C(NCc1ccccc1F)N1CCC[C@H](Cn2cc(C3CC3)nn2)C1. The number of nitrogens with one attached hydrogen (secondary N) is 1. The summed E-state index contributed by atoms with van der Waals surface area (Å²) in [6.45, 7) is 2.43. The molecule has 138 valence electrons. The Balaban J connectivity index is 1.29. The van der Waals surface area contributed by atoms with Crippen LogP contribution in [0.3, 0.4) is 0 Å². The van der Waals surface area contributed by atoms with Crippen molar-refractivity contribution < 1.29 is 9.18 Å². The van der Waals surface area contributed by atoms with Crippen LogP contribution in [0.25, 0.3) is 0 Å². The number of piperidine rings is 1. The molecule has 4 rings (SSSR count). The van der Waals surface area contributed by atoms with Gasteiger partial charge < -0.3 is 10.2 Å². The largest absolute Gasteiger partial charge is 0.334 e. The molecule has 0 spiro atoms. The smallest absolute Gasteiger partial charge is 0.317 e. The van der Waals surface area contributed by atoms with Crippen LogP contribution in [0, 0.1) is 11.7 Å². The van der Waals surface area contributed by atoms with Crippen LogP contribution in [-0.2, 0) is 13.1 Å². The molecule has 2 aliphatic rings. The Hall–Kier alpha value is -2.44. The van der Waals surface area contributed by atoms with Gasteiger partial charge in [0.2, 0.25) is 0 Å². The van der Waals surface area contributed by atoms with Gasteiger partial charge >= 0.3 is 6.03 Å². The van der Waals surface area contributed by atoms with Crippen LogP contribution in [-0.4, -0.2) is 39.0 Å². The van der Waals surface area contributed by atoms with E-state index in [0.29, 0.717) is 23.9 Å². The topological polar surface area (TPSA) is 63.1 Å². The molecule has 0 radical (unpaired) electrons. The molecular weight excluding hydrogens is 333 g/mol. The Kier molecular flexibility index (Phi) is 4.86. The molecule has 2 fully saturated rings. The number of carbonyl (C=O) groups excluding carboxylic acids is 1. The predicted molar refractivity (Wildman–Crippen MR) is 94.9 cm³/mol. The van der Waals surface area contributed by atoms with Gasteiger partial charge in [-0.2, -0.15) is 0 Å². The first-order chi connectivity index (χ1) is 12.7. The Labute approximate surface area is 152 Å². The zero-order valence-electron chi connectivity index (χ0n) is 14.8. The van der Waals surface area contributed by atoms with Gasteiger partial charge in [0.1, 0.15) is 5.82 Å². The highest BCUT2D eigenvalue weighted by Crippen LogP contribution is 2.38. The van der Waals surface area contributed by atoms with E-state index in [1.807, 2.05) is 9.58 Å². The molecule has 2 aromatic rings. The van der Waals surface area contributed by atoms with Crippen LogP contribution in [0.2, 0.25) is 0 Å². The number of likely N-dealkylation sites (tertiary alicyclic amines) is 1. The lowest BCUT2D eigenvalue weighted by molar-refractivity contribution is 0.157. The van der Waals surface area contributed by atoms with Crippen LogP contribution in [0.4, 0.5) is 9.18 Å². The molecule has 1 N–H and O–H groups in total. The number of hydrogen-bond donors (Lipinski definition) is 1. The molecule has 7 heteroatoms. The van der Waals surface area contributed by atoms with Gasteiger partial charge in [-0.3, -0.25) is 4.68 Å². The molecule has 1 saturated heterocycles. The van der Waals surface area contributed by atoms with E-state index < -0.39 is 0 Å². The highest BCUT2D eigenvalue weighted by molar-refractivity contribution is 5.74. The minimum Gasteiger partial charge on any atom is -0.334 e. The summed E-state index contributed by atoms with van der Waals surface area (Å²) < 4.78 is 15.6. The quantitative estimate of drug-likeness (QED) is 0.895. The average Bonchev–Trinajstić information content (AvgIpc) is 3.41. The summed E-state index contributed by atoms with van der Waals surface area (Å²) in [5.74, 6) is 0.689. The standard InChI is InChI=1S/C19H24FN5O/c20-17-6-2-1-5-16(17)10-21-19(26)24-9-3-4-14(11-24)12-25-13-18(22-23-25)15-7-8-15/h1-2,5-6,13-15H,3-4,7-12H2,(H,21,26)/t14-/m0/s1. The molecule has 1 aliphatic carbocycles. The third-order valence-corrected chi connectivity index (χ3v) is 5.19. The minimum absolute atomic E-state index is 0.129. The predicted octanol–water partition coefficient (Wildman–Crippen LogP) is 2.92. The van der Waals surface area contributed by atoms with Crippen LogP contribution in [0.1, 0.15) is 42.9 Å². The van der Waals surface area contributed by atoms with E-state index in [-0.39, 0.29) is 18.4 Å². The van der Waals surface area contributed by atoms with Crippen molar-refractivity contribution in [3.63, 3.8) is 0 Å². The second-order valence-electron chi connectivity index (χ2n) is 7.34. The number of aromatic nitrogens is 3. The third kappa shape index (κ3) is 4.03. The molecule has 1 aliphatic heterocycles. The maximum Gasteiger partial charge on any atom is 0.317 e. The summed E-state index contributed by atoms with van der Waals surface area (Å²) >= 11 is 0. The number of benzene rings is 1. The number of rotatable bonds is 5. The number of halogens is 1. The summed E-state index contributed by atoms with van der Waals surface area (Å²) in [5, 5.41) is 11.3. The number of nitrogens with zero attached hydrogens (tertiary/aromatic N) is 4. The van der Waals surface area contributed by atoms with Gasteiger partial charge in [-0.25, -0.2) is 9.18 Å². The summed E-state index contributed by atoms with van der Waals surface area (Å²) in [5.41, 5.74) is 1.60. The van der Waals surface area contributed by atoms with Crippen molar-refractivity contribution in [1.29, 1.82) is 0 Å². The number of amides is 2. The molecule has 2 heterocycles. The lowest BCUT2D eigenvalue weighted by Crippen LogP contribution is -2.46. The van der Waals surface area contributed by atoms with Crippen LogP contribution in [0.5, 0.6) is 0 Å². The van der Waals surface area contributed by atoms with Crippen LogP contribution in [0.15, 0.2) is 30.5 Å². The monoisotopic (exact) mass is 357 g/mol. The van der Waals surface area contributed by atoms with E-state index in [9.17, 15) is 9.18 Å². The lowest BCUT2D eigenvalue weighted by atomic mass is 9.98. The fraction of sp³-hybridized carbons (Fsp3) is 0.526. The van der Waals surface area contributed by atoms with Crippen LogP contribution >= 0.6 is 0 Å². The normalized spacial score (nSPS) is 20.2. The second-order valence-corrected chi connectivity index (χ2v) is 7.34. The number of urea groups is 1. The van der Waals surface area contributed by atoms with Crippen LogP contribution < -0.4 is 5.32 Å². The molecule has 1 atom stereocenters. The first kappa shape index (κ1) is 17.0. The maximum atomic E-state index is 13.7. The zero-order valence-corrected chi connectivity index (χ0v) is 14.8. The Morgan fingerprint density at radius 2 is 2.12 bits per heavy atom. The Morgan fingerprint density at radius 1 is 1.27 bits per heavy atom. The van der Waals surface area contributed by atoms with Crippen molar-refractivity contribution in [1.82, 2.24) is 25.2 Å². The molecule has 1 aromatic heterocycles. The summed E-state index contributed by atoms with van der Waals surface area (Å²) in [6, 6.07) is 6.39. The van der Waals surface area contributed by atoms with Gasteiger partial charge in [0.15, 0.2) is 0 Å². The van der Waals surface area contributed by atoms with Gasteiger partial charge in [-0.05, 0) is 37.7 Å². The van der Waals surface area contributed by atoms with E-state index in [1.165, 1.54) is 18.9 Å². The van der Waals surface area contributed by atoms with Gasteiger partial charge in [-0.1, -0.05) is 23.4 Å². The van der Waals surface area contributed by atoms with Gasteiger partial charge in [-0.15, -0.1) is 5.10 Å². The first-order valence-electron chi connectivity index (χ1n) is 9.35. The summed E-state index contributed by atoms with van der Waals surface area (Å²) in [7, 11) is 0. The molecule has 1 saturated carbocycles. The van der Waals surface area contributed by atoms with E-state index >= 15 is 0 Å². The molecule has 0 bridgehead atoms. The molecule has 6 nitrogen and oxygen atoms in total. The van der Waals surface area contributed by atoms with E-state index in [1.54, 1.807) is 18.2 Å². The average molecular weight is 357 g/mol. The molecular formula is C19H24FN5O. The first-order valence-corrected chi connectivity index (χ1v) is 9.35. The molecule has 0 unspecified atom stereocenters. The zero-order chi connectivity index (χ0) is 17.9. The van der Waals surface area contributed by atoms with Crippen molar-refractivity contribution in [3.05, 3.63) is 47.5 Å². The summed E-state index contributed by atoms with van der Waals surface area (Å²) in [4.78, 5) is 14.3. The second kappa shape index (κ2) is 7.43. The van der Waals surface area contributed by atoms with Gasteiger partial charge in [0, 0.05) is 43.9 Å². The summed E-state index contributed by atoms with van der Waals surface area (Å²) in [6.07, 6.45) is 6.54. The Bertz CT molecular complexity index is 773. The van der Waals surface area contributed by atoms with Gasteiger partial charge in [0.25, 0.3) is 0 Å². The fourth-order valence-electron chi connectivity index (χ4n) is 3.56. The molecule has 2 amide bonds. The van der Waals surface area contributed by atoms with Gasteiger partial charge in [0.05, 0.1) is 5.69 Å². The Morgan fingerprint density at radius 3 is 2.92 bits per heavy atom. The van der Waals surface area contributed by atoms with Crippen molar-refractivity contribution in [2.45, 2.75) is 44.7 Å². The maximum absolute atomic E-state index is 13.7. The van der Waals surface area contributed by atoms with Crippen molar-refractivity contribution in [2.24, 2.45) is 5.92 Å². The van der Waals surface area contributed by atoms with E-state index in [2.05, 4.69) is 21.8 Å². The van der Waals surface area contributed by atoms with Crippen molar-refractivity contribution in [2.75, 3.05) is 13.1 Å². The molecule has 1 aromatic carbocycles. The highest BCUT2D eigenvalue weighted by atomic mass is 19.1. The van der Waals surface area contributed by atoms with Crippen molar-refractivity contribution in [3.8, 4) is 0 Å².